The van der Waals surface area contributed by atoms with E-state index in [1.54, 1.807) is 6.92 Å². The van der Waals surface area contributed by atoms with Gasteiger partial charge in [-0.05, 0) is 68.1 Å². The average molecular weight is 554 g/mol. The Bertz CT molecular complexity index is 1110. The molecule has 6 aliphatic rings. The van der Waals surface area contributed by atoms with E-state index in [0.29, 0.717) is 37.2 Å². The number of ketones is 1. The monoisotopic (exact) mass is 553 g/mol. The number of hydroxylamine groups is 2. The zero-order valence-corrected chi connectivity index (χ0v) is 23.2. The number of nitrogens with zero attached hydrogens (tertiary/aromatic N) is 1. The van der Waals surface area contributed by atoms with Gasteiger partial charge in [0.1, 0.15) is 12.2 Å². The minimum atomic E-state index is -2.24. The maximum absolute atomic E-state index is 17.7. The molecule has 9 heteroatoms. The number of fused-ring (bicyclic) bond motifs is 7. The highest BCUT2D eigenvalue weighted by atomic mass is 32.2. The predicted octanol–water partition coefficient (Wildman–Crippen LogP) is 5.28. The van der Waals surface area contributed by atoms with Gasteiger partial charge in [0, 0.05) is 35.8 Å². The summed E-state index contributed by atoms with van der Waals surface area (Å²) in [6.45, 7) is 6.52. The number of halogens is 3. The van der Waals surface area contributed by atoms with Crippen LogP contribution < -0.4 is 0 Å². The van der Waals surface area contributed by atoms with Crippen LogP contribution in [0.3, 0.4) is 0 Å². The second-order valence-corrected chi connectivity index (χ2v) is 14.2. The molecular formula is C29H38F3NO4S. The summed E-state index contributed by atoms with van der Waals surface area (Å²) >= 11 is 0.577. The van der Waals surface area contributed by atoms with Crippen LogP contribution in [0.5, 0.6) is 0 Å². The third-order valence-electron chi connectivity index (χ3n) is 11.9. The van der Waals surface area contributed by atoms with E-state index in [-0.39, 0.29) is 30.1 Å². The van der Waals surface area contributed by atoms with Crippen molar-refractivity contribution in [2.75, 3.05) is 19.1 Å². The highest BCUT2D eigenvalue weighted by molar-refractivity contribution is 8.13. The normalized spacial score (nSPS) is 50.4. The van der Waals surface area contributed by atoms with Crippen LogP contribution in [0.15, 0.2) is 23.8 Å². The summed E-state index contributed by atoms with van der Waals surface area (Å²) in [6.07, 6.45) is 5.48. The summed E-state index contributed by atoms with van der Waals surface area (Å²) in [4.78, 5) is 32.6. The predicted molar refractivity (Wildman–Crippen MR) is 138 cm³/mol. The average Bonchev–Trinajstić information content (AvgIpc) is 3.54. The van der Waals surface area contributed by atoms with E-state index < -0.39 is 56.8 Å². The van der Waals surface area contributed by atoms with Crippen LogP contribution >= 0.6 is 11.8 Å². The molecule has 1 aliphatic heterocycles. The van der Waals surface area contributed by atoms with Crippen LogP contribution in [-0.2, 0) is 14.4 Å². The van der Waals surface area contributed by atoms with E-state index in [1.165, 1.54) is 31.1 Å². The van der Waals surface area contributed by atoms with Gasteiger partial charge in [0.25, 0.3) is 0 Å². The first kappa shape index (κ1) is 27.0. The van der Waals surface area contributed by atoms with Gasteiger partial charge in [0.2, 0.25) is 5.12 Å². The highest BCUT2D eigenvalue weighted by Gasteiger charge is 2.83. The Morgan fingerprint density at radius 1 is 1.24 bits per heavy atom. The number of aliphatic hydroxyl groups excluding tert-OH is 1. The Morgan fingerprint density at radius 3 is 2.63 bits per heavy atom. The van der Waals surface area contributed by atoms with Crippen LogP contribution in [0.1, 0.15) is 65.7 Å². The molecule has 0 aromatic heterocycles. The van der Waals surface area contributed by atoms with E-state index in [4.69, 9.17) is 4.84 Å². The summed E-state index contributed by atoms with van der Waals surface area (Å²) in [6, 6.07) is -0.900. The van der Waals surface area contributed by atoms with Gasteiger partial charge in [-0.15, -0.1) is 0 Å². The fraction of sp³-hybridized carbons (Fsp3) is 0.793. The van der Waals surface area contributed by atoms with Gasteiger partial charge in [-0.25, -0.2) is 13.2 Å². The highest BCUT2D eigenvalue weighted by Crippen LogP contribution is 2.78. The number of aliphatic hydroxyl groups is 1. The summed E-state index contributed by atoms with van der Waals surface area (Å²) in [5, 5.41) is 13.1. The number of rotatable bonds is 4. The zero-order valence-electron chi connectivity index (χ0n) is 22.4. The fourth-order valence-electron chi connectivity index (χ4n) is 9.87. The summed E-state index contributed by atoms with van der Waals surface area (Å²) in [5.41, 5.74) is -7.06. The van der Waals surface area contributed by atoms with Crippen molar-refractivity contribution in [2.45, 2.75) is 89.3 Å². The Hall–Kier alpha value is -1.16. The van der Waals surface area contributed by atoms with Crippen molar-refractivity contribution in [2.24, 2.45) is 34.0 Å². The molecule has 1 saturated heterocycles. The fourth-order valence-corrected chi connectivity index (χ4v) is 10.6. The Kier molecular flexibility index (Phi) is 6.17. The lowest BCUT2D eigenvalue weighted by Gasteiger charge is -2.67. The molecule has 4 saturated carbocycles. The number of hydrogen-bond donors (Lipinski definition) is 1. The van der Waals surface area contributed by atoms with Crippen molar-refractivity contribution in [1.82, 2.24) is 5.06 Å². The van der Waals surface area contributed by atoms with E-state index in [2.05, 4.69) is 0 Å². The largest absolute Gasteiger partial charge is 0.390 e. The molecule has 1 N–H and O–H groups in total. The van der Waals surface area contributed by atoms with Gasteiger partial charge in [0.05, 0.1) is 6.10 Å². The van der Waals surface area contributed by atoms with Crippen LogP contribution in [0, 0.1) is 34.0 Å². The molecule has 0 aromatic carbocycles. The van der Waals surface area contributed by atoms with Gasteiger partial charge < -0.3 is 5.11 Å². The number of carbonyl (C=O) groups excluding carboxylic acids is 2. The number of carbonyl (C=O) groups is 2. The zero-order chi connectivity index (χ0) is 27.3. The molecule has 0 amide bonds. The number of alkyl halides is 3. The lowest BCUT2D eigenvalue weighted by Crippen LogP contribution is -2.73. The second-order valence-electron chi connectivity index (χ2n) is 13.3. The molecule has 9 atom stereocenters. The first-order valence-corrected chi connectivity index (χ1v) is 15.0. The third kappa shape index (κ3) is 3.13. The van der Waals surface area contributed by atoms with Crippen LogP contribution in [-0.4, -0.2) is 63.7 Å². The third-order valence-corrected chi connectivity index (χ3v) is 12.5. The molecule has 0 aromatic rings. The van der Waals surface area contributed by atoms with Crippen molar-refractivity contribution < 1.29 is 32.7 Å². The molecule has 0 radical (unpaired) electrons. The molecule has 38 heavy (non-hydrogen) atoms. The first-order chi connectivity index (χ1) is 17.9. The van der Waals surface area contributed by atoms with Gasteiger partial charge in [-0.3, -0.25) is 14.4 Å². The van der Waals surface area contributed by atoms with Crippen LogP contribution in [0.25, 0.3) is 0 Å². The lowest BCUT2D eigenvalue weighted by molar-refractivity contribution is -0.285. The maximum atomic E-state index is 17.7. The van der Waals surface area contributed by atoms with Crippen LogP contribution in [0.4, 0.5) is 13.2 Å². The quantitative estimate of drug-likeness (QED) is 0.511. The molecule has 1 heterocycles. The van der Waals surface area contributed by atoms with Crippen molar-refractivity contribution in [1.29, 1.82) is 0 Å². The lowest BCUT2D eigenvalue weighted by atomic mass is 9.40. The molecule has 0 bridgehead atoms. The summed E-state index contributed by atoms with van der Waals surface area (Å²) < 4.78 is 47.1. The van der Waals surface area contributed by atoms with Crippen molar-refractivity contribution >= 4 is 22.7 Å². The summed E-state index contributed by atoms with van der Waals surface area (Å²) in [7, 11) is 0. The molecule has 0 unspecified atom stereocenters. The van der Waals surface area contributed by atoms with Gasteiger partial charge >= 0.3 is 0 Å². The van der Waals surface area contributed by atoms with E-state index in [1.807, 2.05) is 18.9 Å². The van der Waals surface area contributed by atoms with Gasteiger partial charge in [-0.1, -0.05) is 44.5 Å². The van der Waals surface area contributed by atoms with E-state index >= 15 is 8.78 Å². The van der Waals surface area contributed by atoms with Crippen LogP contribution in [0.2, 0.25) is 0 Å². The minimum absolute atomic E-state index is 0.0750. The second kappa shape index (κ2) is 8.67. The molecule has 210 valence electrons. The molecule has 6 rings (SSSR count). The maximum Gasteiger partial charge on any atom is 0.226 e. The minimum Gasteiger partial charge on any atom is -0.390 e. The Balaban J connectivity index is 1.44. The van der Waals surface area contributed by atoms with Crippen molar-refractivity contribution in [3.8, 4) is 0 Å². The molecule has 5 fully saturated rings. The van der Waals surface area contributed by atoms with Gasteiger partial charge in [0.15, 0.2) is 17.1 Å². The molecule has 0 spiro atoms. The van der Waals surface area contributed by atoms with E-state index in [9.17, 15) is 19.1 Å². The number of thioether (sulfide) groups is 1. The Morgan fingerprint density at radius 2 is 1.95 bits per heavy atom. The number of hydrogen-bond acceptors (Lipinski definition) is 6. The topological polar surface area (TPSA) is 66.8 Å². The van der Waals surface area contributed by atoms with E-state index in [0.717, 1.165) is 12.8 Å². The standard InChI is InChI=1S/C29H38F3NO4S/c1-25-9-8-19(34)10-20(25)21(31)11-22-26(2)12-18-15-33(14-17-6-4-5-7-17)37-29(18,24(36)38-16-30)27(26,3)13-23(35)28(22,25)32/h8-10,17-18,21-23,35H,4-7,11-16H2,1-3H3/t18-,21-,22-,23-,25-,26-,27-,28-,29-/m0/s1. The number of allylic oxidation sites excluding steroid dienone is 4. The smallest absolute Gasteiger partial charge is 0.226 e. The summed E-state index contributed by atoms with van der Waals surface area (Å²) in [5.74, 6) is -1.17. The van der Waals surface area contributed by atoms with Crippen molar-refractivity contribution in [3.05, 3.63) is 23.8 Å². The van der Waals surface area contributed by atoms with Gasteiger partial charge in [-0.2, -0.15) is 5.06 Å². The SMILES string of the molecule is C[C@]12C[C@H](O)[C@@]3(F)[C@@H](C[C@H](F)C4=CC(=O)C=C[C@@]43C)[C@]1(C)C[C@H]1CN(CC3CCCC3)O[C@]12C(=O)SCF. The molecule has 5 aliphatic carbocycles. The molecule has 5 nitrogen and oxygen atoms in total. The van der Waals surface area contributed by atoms with Crippen molar-refractivity contribution in [3.63, 3.8) is 0 Å². The molecular weight excluding hydrogens is 515 g/mol. The Labute approximate surface area is 226 Å². The first-order valence-electron chi connectivity index (χ1n) is 14.0.